The van der Waals surface area contributed by atoms with E-state index >= 15 is 0 Å². The van der Waals surface area contributed by atoms with Gasteiger partial charge in [-0.1, -0.05) is 19.1 Å². The number of methoxy groups -OCH3 is 1. The number of carbonyl (C=O) groups is 1. The Morgan fingerprint density at radius 1 is 1.24 bits per heavy atom. The van der Waals surface area contributed by atoms with Gasteiger partial charge in [-0.25, -0.2) is 0 Å². The van der Waals surface area contributed by atoms with Crippen molar-refractivity contribution in [3.05, 3.63) is 63.7 Å². The van der Waals surface area contributed by atoms with Gasteiger partial charge in [0.05, 0.1) is 19.6 Å². The van der Waals surface area contributed by atoms with Crippen LogP contribution in [0.25, 0.3) is 0 Å². The van der Waals surface area contributed by atoms with Crippen molar-refractivity contribution in [3.63, 3.8) is 0 Å². The van der Waals surface area contributed by atoms with E-state index in [1.807, 2.05) is 6.92 Å². The van der Waals surface area contributed by atoms with Crippen LogP contribution in [0.5, 0.6) is 17.2 Å². The summed E-state index contributed by atoms with van der Waals surface area (Å²) in [7, 11) is 1.51. The Morgan fingerprint density at radius 3 is 2.61 bits per heavy atom. The third kappa shape index (κ3) is 6.38. The van der Waals surface area contributed by atoms with Crippen LogP contribution in [0.15, 0.2) is 45.6 Å². The molecule has 0 bridgehead atoms. The molecule has 8 nitrogen and oxygen atoms in total. The molecule has 0 saturated carbocycles. The van der Waals surface area contributed by atoms with E-state index in [1.54, 1.807) is 18.2 Å². The number of rotatable bonds is 10. The van der Waals surface area contributed by atoms with Crippen LogP contribution < -0.4 is 20.6 Å². The number of primary amides is 1. The Kier molecular flexibility index (Phi) is 8.16. The molecule has 1 aromatic heterocycles. The summed E-state index contributed by atoms with van der Waals surface area (Å²) in [6.45, 7) is 8.31. The minimum atomic E-state index is -0.763. The maximum Gasteiger partial charge on any atom is 0.227 e. The standard InChI is InChI=1S/C25H32N2O6/c1-16(2)15-32-21-8-7-17(11-22(21)31-3)19(13-23(26)29)25-24(30)20(28)12-18(33-25)14-27-9-5-4-6-10-27/h7-8,11-12,19,30H,1,4-6,9-10,13-15H2,2-3H3,(H2,26,29). The molecule has 3 N–H and O–H groups in total. The van der Waals surface area contributed by atoms with Crippen molar-refractivity contribution in [2.75, 3.05) is 26.8 Å². The largest absolute Gasteiger partial charge is 0.502 e. The van der Waals surface area contributed by atoms with Crippen LogP contribution >= 0.6 is 0 Å². The average molecular weight is 457 g/mol. The highest BCUT2D eigenvalue weighted by atomic mass is 16.5. The van der Waals surface area contributed by atoms with Crippen molar-refractivity contribution in [1.29, 1.82) is 0 Å². The molecule has 2 heterocycles. The van der Waals surface area contributed by atoms with E-state index in [2.05, 4.69) is 11.5 Å². The second kappa shape index (κ2) is 11.0. The van der Waals surface area contributed by atoms with Crippen LogP contribution in [0.1, 0.15) is 55.6 Å². The third-order valence-electron chi connectivity index (χ3n) is 5.61. The Balaban J connectivity index is 1.99. The molecule has 1 fully saturated rings. The van der Waals surface area contributed by atoms with Gasteiger partial charge in [0.1, 0.15) is 12.4 Å². The number of nitrogens with two attached hydrogens (primary N) is 1. The van der Waals surface area contributed by atoms with Gasteiger partial charge < -0.3 is 24.7 Å². The first kappa shape index (κ1) is 24.4. The predicted molar refractivity (Wildman–Crippen MR) is 125 cm³/mol. The number of hydrogen-bond acceptors (Lipinski definition) is 7. The SMILES string of the molecule is C=C(C)COc1ccc(C(CC(N)=O)c2oc(CN3CCCCC3)cc(=O)c2O)cc1OC. The first-order valence-corrected chi connectivity index (χ1v) is 11.1. The van der Waals surface area contributed by atoms with Crippen molar-refractivity contribution >= 4 is 5.91 Å². The maximum absolute atomic E-state index is 12.6. The van der Waals surface area contributed by atoms with Crippen LogP contribution in [0, 0.1) is 0 Å². The molecule has 33 heavy (non-hydrogen) atoms. The van der Waals surface area contributed by atoms with Crippen molar-refractivity contribution in [2.45, 2.75) is 45.1 Å². The van der Waals surface area contributed by atoms with Crippen molar-refractivity contribution in [2.24, 2.45) is 5.73 Å². The Labute approximate surface area is 193 Å². The smallest absolute Gasteiger partial charge is 0.227 e. The van der Waals surface area contributed by atoms with E-state index in [0.29, 0.717) is 36.0 Å². The lowest BCUT2D eigenvalue weighted by Gasteiger charge is -2.26. The monoisotopic (exact) mass is 456 g/mol. The molecule has 1 aliphatic heterocycles. The Hall–Kier alpha value is -3.26. The maximum atomic E-state index is 12.6. The third-order valence-corrected chi connectivity index (χ3v) is 5.61. The number of ether oxygens (including phenoxy) is 2. The fraction of sp³-hybridized carbons (Fsp3) is 0.440. The summed E-state index contributed by atoms with van der Waals surface area (Å²) in [5, 5.41) is 10.6. The summed E-state index contributed by atoms with van der Waals surface area (Å²) in [6.07, 6.45) is 3.23. The molecule has 1 amide bonds. The van der Waals surface area contributed by atoms with E-state index < -0.39 is 23.0 Å². The van der Waals surface area contributed by atoms with E-state index in [0.717, 1.165) is 31.5 Å². The topological polar surface area (TPSA) is 115 Å². The van der Waals surface area contributed by atoms with E-state index in [1.165, 1.54) is 19.6 Å². The number of aromatic hydroxyl groups is 1. The summed E-state index contributed by atoms with van der Waals surface area (Å²) in [5.74, 6) is -0.472. The van der Waals surface area contributed by atoms with Crippen LogP contribution in [0.4, 0.5) is 0 Å². The van der Waals surface area contributed by atoms with Crippen molar-refractivity contribution < 1.29 is 23.8 Å². The van der Waals surface area contributed by atoms with E-state index in [9.17, 15) is 14.7 Å². The van der Waals surface area contributed by atoms with Crippen LogP contribution in [0.2, 0.25) is 0 Å². The zero-order chi connectivity index (χ0) is 24.0. The number of likely N-dealkylation sites (tertiary alicyclic amines) is 1. The van der Waals surface area contributed by atoms with Crippen LogP contribution in [-0.2, 0) is 11.3 Å². The second-order valence-corrected chi connectivity index (χ2v) is 8.51. The van der Waals surface area contributed by atoms with Crippen molar-refractivity contribution in [1.82, 2.24) is 4.90 Å². The molecule has 0 aliphatic carbocycles. The molecule has 0 spiro atoms. The molecule has 1 aliphatic rings. The molecule has 2 aromatic rings. The number of amides is 1. The minimum Gasteiger partial charge on any atom is -0.502 e. The number of hydrogen-bond donors (Lipinski definition) is 2. The van der Waals surface area contributed by atoms with Gasteiger partial charge in [0.2, 0.25) is 17.1 Å². The molecule has 1 unspecified atom stereocenters. The van der Waals surface area contributed by atoms with Gasteiger partial charge in [-0.3, -0.25) is 14.5 Å². The van der Waals surface area contributed by atoms with E-state index in [-0.39, 0.29) is 12.2 Å². The lowest BCUT2D eigenvalue weighted by molar-refractivity contribution is -0.118. The Morgan fingerprint density at radius 2 is 1.97 bits per heavy atom. The zero-order valence-corrected chi connectivity index (χ0v) is 19.3. The molecule has 1 atom stereocenters. The minimum absolute atomic E-state index is 0.0194. The Bertz CT molecular complexity index is 1060. The highest BCUT2D eigenvalue weighted by molar-refractivity contribution is 5.75. The number of benzene rings is 1. The fourth-order valence-corrected chi connectivity index (χ4v) is 3.99. The van der Waals surface area contributed by atoms with E-state index in [4.69, 9.17) is 19.6 Å². The zero-order valence-electron chi connectivity index (χ0n) is 19.3. The quantitative estimate of drug-likeness (QED) is 0.527. The molecular formula is C25H32N2O6. The first-order chi connectivity index (χ1) is 15.8. The molecular weight excluding hydrogens is 424 g/mol. The van der Waals surface area contributed by atoms with Gasteiger partial charge in [0, 0.05) is 12.5 Å². The molecule has 178 valence electrons. The number of carbonyl (C=O) groups excluding carboxylic acids is 1. The fourth-order valence-electron chi connectivity index (χ4n) is 3.99. The van der Waals surface area contributed by atoms with Gasteiger partial charge in [0.15, 0.2) is 17.3 Å². The highest BCUT2D eigenvalue weighted by Crippen LogP contribution is 2.37. The van der Waals surface area contributed by atoms with Crippen molar-refractivity contribution in [3.8, 4) is 17.2 Å². The highest BCUT2D eigenvalue weighted by Gasteiger charge is 2.27. The molecule has 3 rings (SSSR count). The van der Waals surface area contributed by atoms with Gasteiger partial charge in [-0.2, -0.15) is 0 Å². The number of nitrogens with zero attached hydrogens (tertiary/aromatic N) is 1. The molecule has 1 saturated heterocycles. The predicted octanol–water partition coefficient (Wildman–Crippen LogP) is 3.30. The van der Waals surface area contributed by atoms with Gasteiger partial charge >= 0.3 is 0 Å². The molecule has 1 aromatic carbocycles. The lowest BCUT2D eigenvalue weighted by atomic mass is 9.91. The summed E-state index contributed by atoms with van der Waals surface area (Å²) in [6, 6.07) is 6.44. The summed E-state index contributed by atoms with van der Waals surface area (Å²) in [4.78, 5) is 26.7. The molecule has 0 radical (unpaired) electrons. The van der Waals surface area contributed by atoms with Crippen LogP contribution in [-0.4, -0.2) is 42.7 Å². The van der Waals surface area contributed by atoms with Gasteiger partial charge in [-0.05, 0) is 56.1 Å². The van der Waals surface area contributed by atoms with Crippen LogP contribution in [0.3, 0.4) is 0 Å². The summed E-state index contributed by atoms with van der Waals surface area (Å²) in [5.41, 5.74) is 6.41. The summed E-state index contributed by atoms with van der Waals surface area (Å²) < 4.78 is 17.2. The second-order valence-electron chi connectivity index (χ2n) is 8.51. The lowest BCUT2D eigenvalue weighted by Crippen LogP contribution is -2.29. The molecule has 8 heteroatoms. The number of piperidine rings is 1. The first-order valence-electron chi connectivity index (χ1n) is 11.1. The van der Waals surface area contributed by atoms with Gasteiger partial charge in [0.25, 0.3) is 0 Å². The normalized spacial score (nSPS) is 15.1. The van der Waals surface area contributed by atoms with Gasteiger partial charge in [-0.15, -0.1) is 0 Å². The average Bonchev–Trinajstić information content (AvgIpc) is 2.79. The summed E-state index contributed by atoms with van der Waals surface area (Å²) >= 11 is 0.